The van der Waals surface area contributed by atoms with Crippen molar-refractivity contribution < 1.29 is 0 Å². The second kappa shape index (κ2) is 8.52. The van der Waals surface area contributed by atoms with Crippen molar-refractivity contribution in [2.45, 2.75) is 58.2 Å². The van der Waals surface area contributed by atoms with E-state index in [1.165, 1.54) is 0 Å². The Morgan fingerprint density at radius 3 is 2.16 bits per heavy atom. The van der Waals surface area contributed by atoms with E-state index in [1.807, 2.05) is 6.92 Å². The monoisotopic (exact) mass is 268 g/mol. The van der Waals surface area contributed by atoms with Gasteiger partial charge in [0.05, 0.1) is 6.07 Å². The van der Waals surface area contributed by atoms with Crippen LogP contribution in [0, 0.1) is 11.3 Å². The van der Waals surface area contributed by atoms with Crippen molar-refractivity contribution in [2.75, 3.05) is 34.2 Å². The molecule has 0 radical (unpaired) electrons. The summed E-state index contributed by atoms with van der Waals surface area (Å²) in [6.45, 7) is 10.5. The van der Waals surface area contributed by atoms with Gasteiger partial charge in [0.25, 0.3) is 0 Å². The highest BCUT2D eigenvalue weighted by atomic mass is 15.1. The molecule has 0 aromatic carbocycles. The normalized spacial score (nSPS) is 16.7. The number of nitrogens with one attached hydrogen (secondary N) is 1. The average Bonchev–Trinajstić information content (AvgIpc) is 2.27. The van der Waals surface area contributed by atoms with Gasteiger partial charge in [0.1, 0.15) is 5.54 Å². The topological polar surface area (TPSA) is 42.3 Å². The molecule has 0 aromatic rings. The van der Waals surface area contributed by atoms with Crippen LogP contribution in [-0.4, -0.2) is 61.7 Å². The van der Waals surface area contributed by atoms with E-state index in [0.29, 0.717) is 12.1 Å². The van der Waals surface area contributed by atoms with E-state index < -0.39 is 5.54 Å². The molecule has 0 aliphatic heterocycles. The van der Waals surface area contributed by atoms with Crippen LogP contribution in [0.4, 0.5) is 0 Å². The van der Waals surface area contributed by atoms with Crippen LogP contribution < -0.4 is 5.32 Å². The molecular weight excluding hydrogens is 236 g/mol. The fourth-order valence-electron chi connectivity index (χ4n) is 2.38. The van der Waals surface area contributed by atoms with E-state index >= 15 is 0 Å². The zero-order valence-electron chi connectivity index (χ0n) is 13.8. The summed E-state index contributed by atoms with van der Waals surface area (Å²) in [6, 6.07) is 3.15. The summed E-state index contributed by atoms with van der Waals surface area (Å²) in [5.74, 6) is 0. The summed E-state index contributed by atoms with van der Waals surface area (Å²) >= 11 is 0. The van der Waals surface area contributed by atoms with Crippen molar-refractivity contribution in [1.82, 2.24) is 15.1 Å². The predicted octanol–water partition coefficient (Wildman–Crippen LogP) is 1.93. The van der Waals surface area contributed by atoms with Crippen molar-refractivity contribution in [1.29, 1.82) is 5.26 Å². The van der Waals surface area contributed by atoms with Gasteiger partial charge in [-0.2, -0.15) is 5.26 Å². The van der Waals surface area contributed by atoms with Crippen molar-refractivity contribution in [2.24, 2.45) is 0 Å². The Morgan fingerprint density at radius 2 is 1.74 bits per heavy atom. The lowest BCUT2D eigenvalue weighted by Gasteiger charge is -2.33. The smallest absolute Gasteiger partial charge is 0.105 e. The Morgan fingerprint density at radius 1 is 1.16 bits per heavy atom. The van der Waals surface area contributed by atoms with Crippen LogP contribution >= 0.6 is 0 Å². The summed E-state index contributed by atoms with van der Waals surface area (Å²) in [5.41, 5.74) is -0.441. The third-order valence-electron chi connectivity index (χ3n) is 3.43. The molecule has 0 aliphatic carbocycles. The van der Waals surface area contributed by atoms with E-state index in [4.69, 9.17) is 0 Å². The largest absolute Gasteiger partial charge is 0.309 e. The van der Waals surface area contributed by atoms with Gasteiger partial charge < -0.3 is 9.80 Å². The minimum atomic E-state index is -0.441. The fraction of sp³-hybridized carbons (Fsp3) is 0.933. The maximum atomic E-state index is 9.38. The van der Waals surface area contributed by atoms with Crippen molar-refractivity contribution in [3.05, 3.63) is 0 Å². The van der Waals surface area contributed by atoms with Gasteiger partial charge in [-0.1, -0.05) is 0 Å². The first kappa shape index (κ1) is 18.4. The van der Waals surface area contributed by atoms with Gasteiger partial charge in [0.2, 0.25) is 0 Å². The average molecular weight is 268 g/mol. The summed E-state index contributed by atoms with van der Waals surface area (Å²) < 4.78 is 0. The number of nitriles is 1. The highest BCUT2D eigenvalue weighted by Crippen LogP contribution is 2.16. The quantitative estimate of drug-likeness (QED) is 0.694. The molecule has 0 rings (SSSR count). The molecular formula is C15H32N4. The Hall–Kier alpha value is -0.630. The van der Waals surface area contributed by atoms with Gasteiger partial charge in [-0.15, -0.1) is 0 Å². The molecule has 0 amide bonds. The SMILES string of the molecule is CC(C)NC(C)(C#N)CC(C)N(C)CCCN(C)C. The molecule has 0 fully saturated rings. The fourth-order valence-corrected chi connectivity index (χ4v) is 2.38. The van der Waals surface area contributed by atoms with Gasteiger partial charge in [-0.05, 0) is 74.8 Å². The van der Waals surface area contributed by atoms with E-state index in [2.05, 4.69) is 63.1 Å². The summed E-state index contributed by atoms with van der Waals surface area (Å²) in [6.07, 6.45) is 2.01. The number of rotatable bonds is 9. The molecule has 0 aromatic heterocycles. The molecule has 0 saturated heterocycles. The Balaban J connectivity index is 4.25. The molecule has 112 valence electrons. The van der Waals surface area contributed by atoms with Crippen molar-refractivity contribution in [3.63, 3.8) is 0 Å². The van der Waals surface area contributed by atoms with E-state index in [0.717, 1.165) is 25.9 Å². The molecule has 0 aliphatic rings. The van der Waals surface area contributed by atoms with Crippen molar-refractivity contribution in [3.8, 4) is 6.07 Å². The van der Waals surface area contributed by atoms with Gasteiger partial charge in [-0.25, -0.2) is 0 Å². The highest BCUT2D eigenvalue weighted by Gasteiger charge is 2.28. The van der Waals surface area contributed by atoms with Gasteiger partial charge in [0.15, 0.2) is 0 Å². The Labute approximate surface area is 119 Å². The zero-order chi connectivity index (χ0) is 15.1. The summed E-state index contributed by atoms with van der Waals surface area (Å²) in [5, 5.41) is 12.7. The van der Waals surface area contributed by atoms with Gasteiger partial charge in [0, 0.05) is 12.1 Å². The molecule has 2 atom stereocenters. The van der Waals surface area contributed by atoms with Crippen LogP contribution in [0.1, 0.15) is 40.5 Å². The molecule has 19 heavy (non-hydrogen) atoms. The van der Waals surface area contributed by atoms with Crippen LogP contribution in [-0.2, 0) is 0 Å². The van der Waals surface area contributed by atoms with Crippen molar-refractivity contribution >= 4 is 0 Å². The molecule has 0 spiro atoms. The van der Waals surface area contributed by atoms with Crippen LogP contribution in [0.3, 0.4) is 0 Å². The zero-order valence-corrected chi connectivity index (χ0v) is 13.8. The number of hydrogen-bond acceptors (Lipinski definition) is 4. The van der Waals surface area contributed by atoms with E-state index in [-0.39, 0.29) is 0 Å². The second-order valence-electron chi connectivity index (χ2n) is 6.43. The van der Waals surface area contributed by atoms with E-state index in [1.54, 1.807) is 0 Å². The lowest BCUT2D eigenvalue weighted by Crippen LogP contribution is -2.49. The minimum absolute atomic E-state index is 0.330. The maximum Gasteiger partial charge on any atom is 0.105 e. The van der Waals surface area contributed by atoms with Gasteiger partial charge >= 0.3 is 0 Å². The molecule has 4 nitrogen and oxygen atoms in total. The maximum absolute atomic E-state index is 9.38. The molecule has 2 unspecified atom stereocenters. The first-order chi connectivity index (χ1) is 8.70. The van der Waals surface area contributed by atoms with Crippen LogP contribution in [0.15, 0.2) is 0 Å². The molecule has 1 N–H and O–H groups in total. The van der Waals surface area contributed by atoms with E-state index in [9.17, 15) is 5.26 Å². The third kappa shape index (κ3) is 8.20. The van der Waals surface area contributed by atoms with Crippen LogP contribution in [0.5, 0.6) is 0 Å². The predicted molar refractivity (Wildman–Crippen MR) is 82.2 cm³/mol. The second-order valence-corrected chi connectivity index (χ2v) is 6.43. The summed E-state index contributed by atoms with van der Waals surface area (Å²) in [4.78, 5) is 4.55. The first-order valence-electron chi connectivity index (χ1n) is 7.24. The lowest BCUT2D eigenvalue weighted by atomic mass is 9.93. The standard InChI is InChI=1S/C15H32N4/c1-13(2)17-15(4,12-16)11-14(3)19(7)10-8-9-18(5)6/h13-14,17H,8-11H2,1-7H3. The first-order valence-corrected chi connectivity index (χ1v) is 7.24. The number of nitrogens with zero attached hydrogens (tertiary/aromatic N) is 3. The molecule has 4 heteroatoms. The van der Waals surface area contributed by atoms with Gasteiger partial charge in [-0.3, -0.25) is 5.32 Å². The Kier molecular flexibility index (Phi) is 8.24. The molecule has 0 heterocycles. The highest BCUT2D eigenvalue weighted by molar-refractivity contribution is 5.06. The molecule has 0 saturated carbocycles. The molecule has 0 bridgehead atoms. The Bertz CT molecular complexity index is 282. The minimum Gasteiger partial charge on any atom is -0.309 e. The third-order valence-corrected chi connectivity index (χ3v) is 3.43. The summed E-state index contributed by atoms with van der Waals surface area (Å²) in [7, 11) is 6.35. The van der Waals surface area contributed by atoms with Crippen LogP contribution in [0.2, 0.25) is 0 Å². The number of hydrogen-bond donors (Lipinski definition) is 1. The lowest BCUT2D eigenvalue weighted by molar-refractivity contribution is 0.200. The van der Waals surface area contributed by atoms with Crippen LogP contribution in [0.25, 0.3) is 0 Å².